The lowest BCUT2D eigenvalue weighted by Crippen LogP contribution is -2.61. The molecule has 1 unspecified atom stereocenters. The number of ether oxygens (including phenoxy) is 2. The molecule has 4 heteroatoms. The topological polar surface area (TPSA) is 38.8 Å². The lowest BCUT2D eigenvalue weighted by molar-refractivity contribution is -0.185. The molecule has 0 aromatic heterocycles. The minimum atomic E-state index is -0.766. The van der Waals surface area contributed by atoms with Gasteiger partial charge in [0, 0.05) is 13.2 Å². The number of hydrogen-bond donors (Lipinski definition) is 0. The molecule has 0 N–H and O–H groups in total. The van der Waals surface area contributed by atoms with E-state index in [2.05, 4.69) is 6.58 Å². The second kappa shape index (κ2) is 5.94. The molecule has 1 saturated heterocycles. The van der Waals surface area contributed by atoms with Crippen molar-refractivity contribution in [2.45, 2.75) is 38.1 Å². The first-order chi connectivity index (χ1) is 9.54. The van der Waals surface area contributed by atoms with Crippen LogP contribution in [0.5, 0.6) is 0 Å². The molecule has 0 aromatic carbocycles. The molecule has 0 saturated carbocycles. The molecule has 4 nitrogen and oxygen atoms in total. The summed E-state index contributed by atoms with van der Waals surface area (Å²) >= 11 is 0. The van der Waals surface area contributed by atoms with Crippen molar-refractivity contribution in [3.63, 3.8) is 0 Å². The van der Waals surface area contributed by atoms with E-state index < -0.39 is 5.72 Å². The van der Waals surface area contributed by atoms with E-state index in [0.29, 0.717) is 13.0 Å². The van der Waals surface area contributed by atoms with Gasteiger partial charge in [-0.15, -0.1) is 6.58 Å². The minimum absolute atomic E-state index is 0.0563. The molecule has 1 fully saturated rings. The summed E-state index contributed by atoms with van der Waals surface area (Å²) in [5.41, 5.74) is -0.766. The van der Waals surface area contributed by atoms with Crippen molar-refractivity contribution in [2.24, 2.45) is 5.92 Å². The highest BCUT2D eigenvalue weighted by Crippen LogP contribution is 2.34. The van der Waals surface area contributed by atoms with Crippen molar-refractivity contribution in [3.8, 4) is 0 Å². The molecule has 110 valence electrons. The fraction of sp³-hybridized carbons (Fsp3) is 0.562. The highest BCUT2D eigenvalue weighted by molar-refractivity contribution is 5.81. The average Bonchev–Trinajstić information content (AvgIpc) is 2.43. The van der Waals surface area contributed by atoms with E-state index in [4.69, 9.17) is 9.47 Å². The number of methoxy groups -OCH3 is 1. The molecular formula is C16H23NO3. The lowest BCUT2D eigenvalue weighted by Gasteiger charge is -2.48. The third-order valence-electron chi connectivity index (χ3n) is 3.77. The molecule has 1 spiro atoms. The Morgan fingerprint density at radius 3 is 2.70 bits per heavy atom. The van der Waals surface area contributed by atoms with Crippen molar-refractivity contribution in [2.75, 3.05) is 13.7 Å². The van der Waals surface area contributed by atoms with Crippen LogP contribution in [0.2, 0.25) is 0 Å². The molecule has 0 bridgehead atoms. The van der Waals surface area contributed by atoms with Crippen LogP contribution in [0.4, 0.5) is 0 Å². The van der Waals surface area contributed by atoms with Gasteiger partial charge in [0.25, 0.3) is 0 Å². The van der Waals surface area contributed by atoms with Crippen LogP contribution in [-0.2, 0) is 14.3 Å². The number of carbonyl (C=O) groups excluding carboxylic acids is 1. The maximum Gasteiger partial charge on any atom is 0.231 e. The van der Waals surface area contributed by atoms with Gasteiger partial charge in [-0.25, -0.2) is 0 Å². The Bertz CT molecular complexity index is 425. The number of hydrogen-bond acceptors (Lipinski definition) is 3. The summed E-state index contributed by atoms with van der Waals surface area (Å²) in [5, 5.41) is 0. The Kier molecular flexibility index (Phi) is 4.45. The van der Waals surface area contributed by atoms with E-state index >= 15 is 0 Å². The third-order valence-corrected chi connectivity index (χ3v) is 3.77. The summed E-state index contributed by atoms with van der Waals surface area (Å²) in [4.78, 5) is 14.5. The van der Waals surface area contributed by atoms with Crippen LogP contribution in [0, 0.1) is 5.92 Å². The quantitative estimate of drug-likeness (QED) is 0.740. The summed E-state index contributed by atoms with van der Waals surface area (Å²) in [5.74, 6) is -0.0150. The van der Waals surface area contributed by atoms with Gasteiger partial charge in [-0.05, 0) is 32.4 Å². The summed E-state index contributed by atoms with van der Waals surface area (Å²) in [6.45, 7) is 8.14. The summed E-state index contributed by atoms with van der Waals surface area (Å²) in [6, 6.07) is 0.0588. The summed E-state index contributed by atoms with van der Waals surface area (Å²) < 4.78 is 11.3. The second-order valence-electron chi connectivity index (χ2n) is 5.50. The van der Waals surface area contributed by atoms with E-state index in [0.717, 1.165) is 0 Å². The zero-order chi connectivity index (χ0) is 14.8. The van der Waals surface area contributed by atoms with Gasteiger partial charge in [0.15, 0.2) is 5.72 Å². The third kappa shape index (κ3) is 2.58. The zero-order valence-corrected chi connectivity index (χ0v) is 12.4. The maximum atomic E-state index is 12.7. The molecule has 1 amide bonds. The zero-order valence-electron chi connectivity index (χ0n) is 12.4. The van der Waals surface area contributed by atoms with E-state index in [1.54, 1.807) is 13.2 Å². The molecule has 1 heterocycles. The highest BCUT2D eigenvalue weighted by Gasteiger charge is 2.46. The molecule has 1 aliphatic carbocycles. The normalized spacial score (nSPS) is 33.2. The van der Waals surface area contributed by atoms with Crippen LogP contribution in [0.25, 0.3) is 0 Å². The lowest BCUT2D eigenvalue weighted by atomic mass is 9.94. The number of rotatable bonds is 4. The average molecular weight is 277 g/mol. The number of nitrogens with zero attached hydrogens (tertiary/aromatic N) is 1. The van der Waals surface area contributed by atoms with Crippen molar-refractivity contribution in [1.29, 1.82) is 0 Å². The van der Waals surface area contributed by atoms with Gasteiger partial charge in [0.05, 0.1) is 18.6 Å². The van der Waals surface area contributed by atoms with Crippen molar-refractivity contribution in [3.05, 3.63) is 37.0 Å². The maximum absolute atomic E-state index is 12.7. The molecule has 1 atom stereocenters. The largest absolute Gasteiger partial charge is 0.373 e. The first kappa shape index (κ1) is 15.0. The number of amides is 1. The van der Waals surface area contributed by atoms with Gasteiger partial charge in [-0.2, -0.15) is 0 Å². The summed E-state index contributed by atoms with van der Waals surface area (Å²) in [7, 11) is 1.66. The van der Waals surface area contributed by atoms with Crippen LogP contribution in [0.3, 0.4) is 0 Å². The highest BCUT2D eigenvalue weighted by atomic mass is 16.5. The molecule has 0 radical (unpaired) electrons. The number of carbonyl (C=O) groups is 1. The summed E-state index contributed by atoms with van der Waals surface area (Å²) in [6.07, 6.45) is 10.1. The molecule has 2 rings (SSSR count). The first-order valence-electron chi connectivity index (χ1n) is 7.03. The van der Waals surface area contributed by atoms with Gasteiger partial charge in [-0.1, -0.05) is 18.2 Å². The minimum Gasteiger partial charge on any atom is -0.373 e. The smallest absolute Gasteiger partial charge is 0.231 e. The SMILES string of the molecule is C=CCC1COC2(C=CC(OC)C=C2)N(C(C)C)C1=O. The predicted molar refractivity (Wildman–Crippen MR) is 78.0 cm³/mol. The monoisotopic (exact) mass is 277 g/mol. The Labute approximate surface area is 120 Å². The van der Waals surface area contributed by atoms with Crippen molar-refractivity contribution < 1.29 is 14.3 Å². The van der Waals surface area contributed by atoms with E-state index in [-0.39, 0.29) is 24.0 Å². The molecule has 2 aliphatic rings. The van der Waals surface area contributed by atoms with Crippen LogP contribution < -0.4 is 0 Å². The first-order valence-corrected chi connectivity index (χ1v) is 7.03. The fourth-order valence-corrected chi connectivity index (χ4v) is 2.77. The van der Waals surface area contributed by atoms with Gasteiger partial charge < -0.3 is 14.4 Å². The van der Waals surface area contributed by atoms with Crippen LogP contribution in [-0.4, -0.2) is 42.4 Å². The standard InChI is InChI=1S/C16H23NO3/c1-5-6-13-11-20-16(17(12(2)3)15(13)18)9-7-14(19-4)8-10-16/h5,7-10,12-14H,1,6,11H2,2-4H3. The van der Waals surface area contributed by atoms with Gasteiger partial charge in [0.1, 0.15) is 0 Å². The number of allylic oxidation sites excluding steroid dienone is 1. The van der Waals surface area contributed by atoms with Gasteiger partial charge in [-0.3, -0.25) is 4.79 Å². The predicted octanol–water partition coefficient (Wildman–Crippen LogP) is 2.28. The molecular weight excluding hydrogens is 254 g/mol. The van der Waals surface area contributed by atoms with Crippen molar-refractivity contribution in [1.82, 2.24) is 4.90 Å². The van der Waals surface area contributed by atoms with Crippen LogP contribution in [0.1, 0.15) is 20.3 Å². The molecule has 1 aliphatic heterocycles. The van der Waals surface area contributed by atoms with Crippen molar-refractivity contribution >= 4 is 5.91 Å². The van der Waals surface area contributed by atoms with E-state index in [9.17, 15) is 4.79 Å². The Morgan fingerprint density at radius 2 is 2.20 bits per heavy atom. The Morgan fingerprint density at radius 1 is 1.55 bits per heavy atom. The second-order valence-corrected chi connectivity index (χ2v) is 5.50. The molecule has 0 aromatic rings. The van der Waals surface area contributed by atoms with E-state index in [1.807, 2.05) is 43.1 Å². The molecule has 20 heavy (non-hydrogen) atoms. The fourth-order valence-electron chi connectivity index (χ4n) is 2.77. The van der Waals surface area contributed by atoms with E-state index in [1.165, 1.54) is 0 Å². The van der Waals surface area contributed by atoms with Crippen LogP contribution >= 0.6 is 0 Å². The van der Waals surface area contributed by atoms with Gasteiger partial charge >= 0.3 is 0 Å². The Hall–Kier alpha value is -1.39. The van der Waals surface area contributed by atoms with Crippen LogP contribution in [0.15, 0.2) is 37.0 Å². The Balaban J connectivity index is 2.28. The van der Waals surface area contributed by atoms with Gasteiger partial charge in [0.2, 0.25) is 5.91 Å².